The molecule has 2 rings (SSSR count). The highest BCUT2D eigenvalue weighted by molar-refractivity contribution is 5.71. The summed E-state index contributed by atoms with van der Waals surface area (Å²) < 4.78 is 5.30. The number of aldehydes is 1. The van der Waals surface area contributed by atoms with E-state index in [9.17, 15) is 9.90 Å². The van der Waals surface area contributed by atoms with Crippen LogP contribution in [0.25, 0.3) is 0 Å². The van der Waals surface area contributed by atoms with Gasteiger partial charge >= 0.3 is 0 Å². The second-order valence-electron chi connectivity index (χ2n) is 3.97. The fraction of sp³-hybridized carbons (Fsp3) is 0.545. The van der Waals surface area contributed by atoms with Crippen LogP contribution in [-0.2, 0) is 0 Å². The standard InChI is InChI=1S/C11H15NO3/c1-12(9-3-2-4-10(9)14)11-6-5-8(7-13)15-11/h5-7,9-10,14H,2-4H2,1H3. The topological polar surface area (TPSA) is 53.7 Å². The van der Waals surface area contributed by atoms with Gasteiger partial charge in [0, 0.05) is 13.1 Å². The molecule has 0 spiro atoms. The van der Waals surface area contributed by atoms with Crippen molar-refractivity contribution in [3.05, 3.63) is 17.9 Å². The summed E-state index contributed by atoms with van der Waals surface area (Å²) in [7, 11) is 1.88. The van der Waals surface area contributed by atoms with Gasteiger partial charge in [0.25, 0.3) is 0 Å². The highest BCUT2D eigenvalue weighted by Crippen LogP contribution is 2.28. The number of aliphatic hydroxyl groups is 1. The van der Waals surface area contributed by atoms with Gasteiger partial charge in [-0.2, -0.15) is 0 Å². The third kappa shape index (κ3) is 1.90. The quantitative estimate of drug-likeness (QED) is 0.765. The van der Waals surface area contributed by atoms with Crippen LogP contribution in [0.3, 0.4) is 0 Å². The van der Waals surface area contributed by atoms with Crippen LogP contribution in [0.4, 0.5) is 5.88 Å². The Labute approximate surface area is 88.5 Å². The van der Waals surface area contributed by atoms with Gasteiger partial charge in [-0.05, 0) is 25.3 Å². The second-order valence-corrected chi connectivity index (χ2v) is 3.97. The normalized spacial score (nSPS) is 25.5. The first kappa shape index (κ1) is 10.2. The third-order valence-electron chi connectivity index (χ3n) is 3.02. The monoisotopic (exact) mass is 209 g/mol. The summed E-state index contributed by atoms with van der Waals surface area (Å²) in [5.41, 5.74) is 0. The minimum atomic E-state index is -0.292. The lowest BCUT2D eigenvalue weighted by Crippen LogP contribution is -2.37. The summed E-state index contributed by atoms with van der Waals surface area (Å²) in [4.78, 5) is 12.4. The zero-order valence-electron chi connectivity index (χ0n) is 8.72. The van der Waals surface area contributed by atoms with E-state index < -0.39 is 0 Å². The average Bonchev–Trinajstić information content (AvgIpc) is 2.84. The molecule has 0 amide bonds. The predicted octanol–water partition coefficient (Wildman–Crippen LogP) is 1.44. The van der Waals surface area contributed by atoms with Gasteiger partial charge in [-0.3, -0.25) is 4.79 Å². The highest BCUT2D eigenvalue weighted by atomic mass is 16.4. The van der Waals surface area contributed by atoms with E-state index in [1.807, 2.05) is 11.9 Å². The highest BCUT2D eigenvalue weighted by Gasteiger charge is 2.29. The van der Waals surface area contributed by atoms with Crippen LogP contribution >= 0.6 is 0 Å². The fourth-order valence-electron chi connectivity index (χ4n) is 2.13. The predicted molar refractivity (Wildman–Crippen MR) is 56.1 cm³/mol. The molecule has 15 heavy (non-hydrogen) atoms. The van der Waals surface area contributed by atoms with Gasteiger partial charge < -0.3 is 14.4 Å². The van der Waals surface area contributed by atoms with Crippen LogP contribution in [0.1, 0.15) is 29.8 Å². The lowest BCUT2D eigenvalue weighted by atomic mass is 10.2. The zero-order chi connectivity index (χ0) is 10.8. The number of hydrogen-bond acceptors (Lipinski definition) is 4. The average molecular weight is 209 g/mol. The van der Waals surface area contributed by atoms with Gasteiger partial charge in [0.15, 0.2) is 17.9 Å². The molecule has 0 bridgehead atoms. The van der Waals surface area contributed by atoms with Crippen molar-refractivity contribution in [1.82, 2.24) is 0 Å². The van der Waals surface area contributed by atoms with Gasteiger partial charge in [-0.25, -0.2) is 0 Å². The number of carbonyl (C=O) groups excluding carboxylic acids is 1. The summed E-state index contributed by atoms with van der Waals surface area (Å²) in [5, 5.41) is 9.73. The van der Waals surface area contributed by atoms with Crippen LogP contribution in [-0.4, -0.2) is 30.6 Å². The minimum Gasteiger partial charge on any atom is -0.438 e. The van der Waals surface area contributed by atoms with Gasteiger partial charge in [0.2, 0.25) is 0 Å². The van der Waals surface area contributed by atoms with Crippen LogP contribution < -0.4 is 4.90 Å². The Morgan fingerprint density at radius 3 is 2.87 bits per heavy atom. The Bertz CT molecular complexity index is 347. The fourth-order valence-corrected chi connectivity index (χ4v) is 2.13. The molecule has 1 N–H and O–H groups in total. The van der Waals surface area contributed by atoms with Gasteiger partial charge in [0.1, 0.15) is 0 Å². The summed E-state index contributed by atoms with van der Waals surface area (Å²) >= 11 is 0. The summed E-state index contributed by atoms with van der Waals surface area (Å²) in [6.45, 7) is 0. The van der Waals surface area contributed by atoms with E-state index in [1.165, 1.54) is 0 Å². The molecule has 4 nitrogen and oxygen atoms in total. The van der Waals surface area contributed by atoms with Crippen molar-refractivity contribution < 1.29 is 14.3 Å². The van der Waals surface area contributed by atoms with Crippen molar-refractivity contribution in [2.24, 2.45) is 0 Å². The first-order chi connectivity index (χ1) is 7.22. The number of rotatable bonds is 3. The van der Waals surface area contributed by atoms with Crippen molar-refractivity contribution in [3.63, 3.8) is 0 Å². The van der Waals surface area contributed by atoms with Gasteiger partial charge in [-0.15, -0.1) is 0 Å². The van der Waals surface area contributed by atoms with Crippen molar-refractivity contribution in [2.45, 2.75) is 31.4 Å². The number of furan rings is 1. The van der Waals surface area contributed by atoms with Crippen molar-refractivity contribution in [1.29, 1.82) is 0 Å². The van der Waals surface area contributed by atoms with E-state index in [1.54, 1.807) is 12.1 Å². The van der Waals surface area contributed by atoms with Gasteiger partial charge in [0.05, 0.1) is 12.1 Å². The molecular formula is C11H15NO3. The Balaban J connectivity index is 2.12. The molecule has 0 aliphatic heterocycles. The van der Waals surface area contributed by atoms with Crippen LogP contribution in [0.15, 0.2) is 16.5 Å². The Morgan fingerprint density at radius 2 is 2.33 bits per heavy atom. The largest absolute Gasteiger partial charge is 0.438 e. The third-order valence-corrected chi connectivity index (χ3v) is 3.02. The molecule has 4 heteroatoms. The molecule has 1 aliphatic rings. The Morgan fingerprint density at radius 1 is 1.53 bits per heavy atom. The molecule has 82 valence electrons. The van der Waals surface area contributed by atoms with Gasteiger partial charge in [-0.1, -0.05) is 0 Å². The number of anilines is 1. The molecule has 0 saturated heterocycles. The molecule has 0 aromatic carbocycles. The van der Waals surface area contributed by atoms with E-state index in [4.69, 9.17) is 4.42 Å². The van der Waals surface area contributed by atoms with Crippen LogP contribution in [0.2, 0.25) is 0 Å². The molecule has 1 aromatic rings. The number of aliphatic hydroxyl groups excluding tert-OH is 1. The summed E-state index contributed by atoms with van der Waals surface area (Å²) in [5.74, 6) is 0.965. The van der Waals surface area contributed by atoms with E-state index in [0.717, 1.165) is 19.3 Å². The summed E-state index contributed by atoms with van der Waals surface area (Å²) in [6, 6.07) is 3.50. The number of likely N-dealkylation sites (N-methyl/N-ethyl adjacent to an activating group) is 1. The maximum atomic E-state index is 10.5. The molecule has 1 aromatic heterocycles. The van der Waals surface area contributed by atoms with Crippen molar-refractivity contribution in [3.8, 4) is 0 Å². The minimum absolute atomic E-state index is 0.107. The Hall–Kier alpha value is -1.29. The maximum Gasteiger partial charge on any atom is 0.196 e. The molecule has 2 unspecified atom stereocenters. The first-order valence-electron chi connectivity index (χ1n) is 5.18. The van der Waals surface area contributed by atoms with E-state index >= 15 is 0 Å². The molecule has 1 saturated carbocycles. The molecular weight excluding hydrogens is 194 g/mol. The summed E-state index contributed by atoms with van der Waals surface area (Å²) in [6.07, 6.45) is 3.24. The SMILES string of the molecule is CN(c1ccc(C=O)o1)C1CCCC1O. The maximum absolute atomic E-state index is 10.5. The van der Waals surface area contributed by atoms with Crippen molar-refractivity contribution in [2.75, 3.05) is 11.9 Å². The van der Waals surface area contributed by atoms with E-state index in [2.05, 4.69) is 0 Å². The molecule has 0 radical (unpaired) electrons. The molecule has 1 fully saturated rings. The molecule has 2 atom stereocenters. The number of carbonyl (C=O) groups is 1. The smallest absolute Gasteiger partial charge is 0.196 e. The van der Waals surface area contributed by atoms with Crippen LogP contribution in [0, 0.1) is 0 Å². The van der Waals surface area contributed by atoms with E-state index in [0.29, 0.717) is 17.9 Å². The Kier molecular flexibility index (Phi) is 2.77. The molecule has 1 heterocycles. The number of hydrogen-bond donors (Lipinski definition) is 1. The number of nitrogens with zero attached hydrogens (tertiary/aromatic N) is 1. The van der Waals surface area contributed by atoms with Crippen molar-refractivity contribution >= 4 is 12.2 Å². The lowest BCUT2D eigenvalue weighted by molar-refractivity contribution is 0.110. The first-order valence-corrected chi connectivity index (χ1v) is 5.18. The zero-order valence-corrected chi connectivity index (χ0v) is 8.72. The van der Waals surface area contributed by atoms with Crippen LogP contribution in [0.5, 0.6) is 0 Å². The molecule has 1 aliphatic carbocycles. The lowest BCUT2D eigenvalue weighted by Gasteiger charge is -2.26. The van der Waals surface area contributed by atoms with E-state index in [-0.39, 0.29) is 12.1 Å². The second kappa shape index (κ2) is 4.06.